The Hall–Kier alpha value is -4.66. The molecule has 7 nitrogen and oxygen atoms in total. The summed E-state index contributed by atoms with van der Waals surface area (Å²) in [6, 6.07) is 15.4. The number of carboxylic acids is 2. The lowest BCUT2D eigenvalue weighted by molar-refractivity contribution is -0.138. The molecule has 4 rings (SSSR count). The summed E-state index contributed by atoms with van der Waals surface area (Å²) in [5.74, 6) is -3.13. The molecule has 9 heteroatoms. The molecule has 0 spiro atoms. The Labute approximate surface area is 242 Å². The van der Waals surface area contributed by atoms with E-state index in [2.05, 4.69) is 0 Å². The van der Waals surface area contributed by atoms with Crippen molar-refractivity contribution in [1.82, 2.24) is 4.57 Å². The molecule has 42 heavy (non-hydrogen) atoms. The van der Waals surface area contributed by atoms with E-state index < -0.39 is 23.6 Å². The van der Waals surface area contributed by atoms with E-state index in [1.54, 1.807) is 4.57 Å². The molecule has 0 atom stereocenters. The van der Waals surface area contributed by atoms with Crippen molar-refractivity contribution < 1.29 is 38.1 Å². The van der Waals surface area contributed by atoms with Crippen molar-refractivity contribution in [2.24, 2.45) is 0 Å². The number of aromatic nitrogens is 1. The number of benzene rings is 3. The van der Waals surface area contributed by atoms with Gasteiger partial charge < -0.3 is 24.3 Å². The number of hydrogen-bond acceptors (Lipinski definition) is 4. The van der Waals surface area contributed by atoms with Crippen molar-refractivity contribution in [3.8, 4) is 11.5 Å². The summed E-state index contributed by atoms with van der Waals surface area (Å²) in [6.07, 6.45) is 8.10. The van der Waals surface area contributed by atoms with Gasteiger partial charge in [0, 0.05) is 23.6 Å². The second kappa shape index (κ2) is 14.3. The van der Waals surface area contributed by atoms with E-state index >= 15 is 0 Å². The number of ether oxygens (including phenoxy) is 2. The number of carboxylic acid groups (broad SMARTS) is 2. The van der Waals surface area contributed by atoms with Crippen molar-refractivity contribution >= 4 is 35.0 Å². The van der Waals surface area contributed by atoms with Gasteiger partial charge in [-0.3, -0.25) is 9.59 Å². The summed E-state index contributed by atoms with van der Waals surface area (Å²) in [5, 5.41) is 19.4. The molecule has 3 aromatic carbocycles. The third-order valence-corrected chi connectivity index (χ3v) is 6.83. The maximum absolute atomic E-state index is 13.6. The number of aryl methyl sites for hydroxylation is 2. The summed E-state index contributed by atoms with van der Waals surface area (Å²) in [5.41, 5.74) is 4.56. The van der Waals surface area contributed by atoms with Crippen LogP contribution in [0.25, 0.3) is 23.1 Å². The van der Waals surface area contributed by atoms with Gasteiger partial charge in [0.05, 0.1) is 18.7 Å². The molecule has 0 aliphatic carbocycles. The minimum Gasteiger partial charge on any atom is -0.494 e. The second-order valence-electron chi connectivity index (χ2n) is 9.97. The van der Waals surface area contributed by atoms with Crippen LogP contribution in [0.1, 0.15) is 47.9 Å². The Bertz CT molecular complexity index is 1580. The van der Waals surface area contributed by atoms with Gasteiger partial charge in [-0.25, -0.2) is 4.39 Å². The molecule has 0 fully saturated rings. The van der Waals surface area contributed by atoms with E-state index in [0.29, 0.717) is 38.0 Å². The summed E-state index contributed by atoms with van der Waals surface area (Å²) in [4.78, 5) is 22.6. The Morgan fingerprint density at radius 3 is 2.33 bits per heavy atom. The highest BCUT2D eigenvalue weighted by Gasteiger charge is 2.15. The standard InChI is InChI=1S/C33H33F2NO6/c1-22-10-16-27-24(6-4-9-30(37)38)20-36(21-31(39)40)33(27)26(22)17-13-23-11-14-25(15-12-23)41-18-2-3-19-42-29-8-5-7-28(34)32(29)35/h5,7-8,10-17,20H,2-4,6,9,18-19,21H2,1H3,(H,37,38)(H,39,40). The summed E-state index contributed by atoms with van der Waals surface area (Å²) < 4.78 is 39.7. The van der Waals surface area contributed by atoms with Crippen LogP contribution in [0, 0.1) is 18.6 Å². The summed E-state index contributed by atoms with van der Waals surface area (Å²) in [6.45, 7) is 2.47. The number of hydrogen-bond donors (Lipinski definition) is 2. The van der Waals surface area contributed by atoms with Gasteiger partial charge in [0.25, 0.3) is 0 Å². The van der Waals surface area contributed by atoms with Crippen molar-refractivity contribution in [2.45, 2.75) is 45.6 Å². The van der Waals surface area contributed by atoms with E-state index in [1.807, 2.05) is 61.7 Å². The first-order valence-electron chi connectivity index (χ1n) is 13.8. The van der Waals surface area contributed by atoms with Crippen LogP contribution in [-0.4, -0.2) is 39.9 Å². The molecule has 0 aliphatic heterocycles. The van der Waals surface area contributed by atoms with Gasteiger partial charge in [-0.15, -0.1) is 0 Å². The predicted molar refractivity (Wildman–Crippen MR) is 157 cm³/mol. The van der Waals surface area contributed by atoms with Crippen LogP contribution < -0.4 is 9.47 Å². The molecular weight excluding hydrogens is 544 g/mol. The molecule has 1 heterocycles. The Morgan fingerprint density at radius 2 is 1.62 bits per heavy atom. The van der Waals surface area contributed by atoms with Gasteiger partial charge in [0.1, 0.15) is 12.3 Å². The number of unbranched alkanes of at least 4 members (excludes halogenated alkanes) is 1. The average molecular weight is 578 g/mol. The molecule has 0 amide bonds. The molecule has 1 aromatic heterocycles. The number of halogens is 2. The van der Waals surface area contributed by atoms with E-state index in [1.165, 1.54) is 12.1 Å². The fourth-order valence-electron chi connectivity index (χ4n) is 4.74. The van der Waals surface area contributed by atoms with E-state index in [9.17, 15) is 23.5 Å². The van der Waals surface area contributed by atoms with E-state index in [0.717, 1.165) is 39.2 Å². The van der Waals surface area contributed by atoms with Crippen molar-refractivity contribution in [3.63, 3.8) is 0 Å². The molecule has 0 aliphatic rings. The highest BCUT2D eigenvalue weighted by atomic mass is 19.2. The number of carbonyl (C=O) groups is 2. The zero-order valence-electron chi connectivity index (χ0n) is 23.3. The maximum Gasteiger partial charge on any atom is 0.323 e. The lowest BCUT2D eigenvalue weighted by atomic mass is 10.00. The van der Waals surface area contributed by atoms with Crippen LogP contribution in [0.2, 0.25) is 0 Å². The molecular formula is C33H33F2NO6. The van der Waals surface area contributed by atoms with Gasteiger partial charge in [-0.05, 0) is 73.6 Å². The van der Waals surface area contributed by atoms with Crippen LogP contribution in [-0.2, 0) is 22.6 Å². The lowest BCUT2D eigenvalue weighted by Crippen LogP contribution is -2.08. The molecule has 4 aromatic rings. The highest BCUT2D eigenvalue weighted by molar-refractivity contribution is 5.95. The highest BCUT2D eigenvalue weighted by Crippen LogP contribution is 2.30. The minimum absolute atomic E-state index is 0.0517. The first-order valence-corrected chi connectivity index (χ1v) is 13.8. The normalized spacial score (nSPS) is 11.3. The third kappa shape index (κ3) is 7.96. The number of fused-ring (bicyclic) bond motifs is 1. The van der Waals surface area contributed by atoms with Crippen molar-refractivity contribution in [2.75, 3.05) is 13.2 Å². The average Bonchev–Trinajstić information content (AvgIpc) is 3.29. The zero-order chi connectivity index (χ0) is 30.1. The number of nitrogens with zero attached hydrogens (tertiary/aromatic N) is 1. The fourth-order valence-corrected chi connectivity index (χ4v) is 4.74. The Kier molecular flexibility index (Phi) is 10.3. The Balaban J connectivity index is 1.37. The van der Waals surface area contributed by atoms with Gasteiger partial charge in [0.2, 0.25) is 5.82 Å². The van der Waals surface area contributed by atoms with Crippen molar-refractivity contribution in [3.05, 3.63) is 94.7 Å². The lowest BCUT2D eigenvalue weighted by Gasteiger charge is -2.09. The predicted octanol–water partition coefficient (Wildman–Crippen LogP) is 7.13. The smallest absolute Gasteiger partial charge is 0.323 e. The third-order valence-electron chi connectivity index (χ3n) is 6.83. The number of rotatable bonds is 15. The van der Waals surface area contributed by atoms with Crippen LogP contribution >= 0.6 is 0 Å². The van der Waals surface area contributed by atoms with Gasteiger partial charge in [-0.1, -0.05) is 42.5 Å². The van der Waals surface area contributed by atoms with Crippen LogP contribution in [0.4, 0.5) is 8.78 Å². The molecule has 0 bridgehead atoms. The van der Waals surface area contributed by atoms with Gasteiger partial charge >= 0.3 is 11.9 Å². The SMILES string of the molecule is Cc1ccc2c(CCCC(=O)O)cn(CC(=O)O)c2c1C=Cc1ccc(OCCCCOc2cccc(F)c2F)cc1. The monoisotopic (exact) mass is 577 g/mol. The molecule has 0 unspecified atom stereocenters. The molecule has 220 valence electrons. The summed E-state index contributed by atoms with van der Waals surface area (Å²) >= 11 is 0. The molecule has 0 saturated heterocycles. The van der Waals surface area contributed by atoms with Gasteiger partial charge in [0.15, 0.2) is 11.6 Å². The topological polar surface area (TPSA) is 98.0 Å². The minimum atomic E-state index is -0.985. The van der Waals surface area contributed by atoms with Crippen LogP contribution in [0.15, 0.2) is 60.8 Å². The number of aliphatic carboxylic acids is 2. The second-order valence-corrected chi connectivity index (χ2v) is 9.97. The zero-order valence-corrected chi connectivity index (χ0v) is 23.3. The quantitative estimate of drug-likeness (QED) is 0.115. The first-order chi connectivity index (χ1) is 20.2. The maximum atomic E-state index is 13.6. The summed E-state index contributed by atoms with van der Waals surface area (Å²) in [7, 11) is 0. The van der Waals surface area contributed by atoms with E-state index in [-0.39, 0.29) is 25.3 Å². The van der Waals surface area contributed by atoms with Crippen molar-refractivity contribution in [1.29, 1.82) is 0 Å². The largest absolute Gasteiger partial charge is 0.494 e. The molecule has 0 radical (unpaired) electrons. The van der Waals surface area contributed by atoms with E-state index in [4.69, 9.17) is 14.6 Å². The molecule has 2 N–H and O–H groups in total. The van der Waals surface area contributed by atoms with Crippen LogP contribution in [0.5, 0.6) is 11.5 Å². The van der Waals surface area contributed by atoms with Crippen LogP contribution in [0.3, 0.4) is 0 Å². The fraction of sp³-hybridized carbons (Fsp3) is 0.273. The Morgan fingerprint density at radius 1 is 0.881 bits per heavy atom. The first kappa shape index (κ1) is 30.3. The van der Waals surface area contributed by atoms with Gasteiger partial charge in [-0.2, -0.15) is 4.39 Å². The molecule has 0 saturated carbocycles.